The number of nitrogens with one attached hydrogen (secondary N) is 1. The highest BCUT2D eigenvalue weighted by molar-refractivity contribution is 8.00. The van der Waals surface area contributed by atoms with Gasteiger partial charge in [-0.1, -0.05) is 38.1 Å². The Balaban J connectivity index is 1.39. The molecule has 0 amide bonds. The number of rotatable bonds is 7. The minimum Gasteiger partial charge on any atom is -0.495 e. The van der Waals surface area contributed by atoms with Crippen molar-refractivity contribution in [1.82, 2.24) is 4.98 Å². The number of aromatic carboxylic acids is 1. The van der Waals surface area contributed by atoms with Gasteiger partial charge in [0.1, 0.15) is 15.8 Å². The van der Waals surface area contributed by atoms with Gasteiger partial charge in [-0.25, -0.2) is 9.78 Å². The molecule has 4 rings (SSSR count). The van der Waals surface area contributed by atoms with Crippen molar-refractivity contribution in [3.63, 3.8) is 0 Å². The molecule has 0 radical (unpaired) electrons. The summed E-state index contributed by atoms with van der Waals surface area (Å²) in [5.74, 6) is 0.172. The summed E-state index contributed by atoms with van der Waals surface area (Å²) in [6.07, 6.45) is 5.13. The normalized spacial score (nSPS) is 16.0. The van der Waals surface area contributed by atoms with Crippen LogP contribution in [-0.4, -0.2) is 23.2 Å². The number of carboxylic acids is 1. The highest BCUT2D eigenvalue weighted by Gasteiger charge is 2.27. The molecule has 2 N–H and O–H groups in total. The number of methoxy groups -OCH3 is 1. The molecule has 0 spiro atoms. The minimum atomic E-state index is -0.981. The molecule has 32 heavy (non-hydrogen) atoms. The number of aromatic nitrogens is 1. The lowest BCUT2D eigenvalue weighted by Gasteiger charge is -2.34. The fourth-order valence-corrected chi connectivity index (χ4v) is 5.69. The second-order valence-corrected chi connectivity index (χ2v) is 10.7. The van der Waals surface area contributed by atoms with Crippen molar-refractivity contribution in [3.05, 3.63) is 59.0 Å². The van der Waals surface area contributed by atoms with Crippen LogP contribution in [0.2, 0.25) is 0 Å². The number of nitrogens with zero attached hydrogens (tertiary/aromatic N) is 1. The summed E-state index contributed by atoms with van der Waals surface area (Å²) < 4.78 is 8.53. The van der Waals surface area contributed by atoms with Gasteiger partial charge in [-0.05, 0) is 60.8 Å². The molecule has 3 aromatic rings. The number of thiazole rings is 1. The Morgan fingerprint density at radius 2 is 1.91 bits per heavy atom. The third-order valence-electron chi connectivity index (χ3n) is 6.17. The average Bonchev–Trinajstić information content (AvgIpc) is 3.26. The van der Waals surface area contributed by atoms with E-state index in [-0.39, 0.29) is 5.56 Å². The summed E-state index contributed by atoms with van der Waals surface area (Å²) in [5, 5.41) is 13.0. The monoisotopic (exact) mass is 468 g/mol. The fraction of sp³-hybridized carbons (Fsp3) is 0.360. The molecule has 2 aromatic carbocycles. The topological polar surface area (TPSA) is 71.5 Å². The number of hydrogen-bond acceptors (Lipinski definition) is 6. The largest absolute Gasteiger partial charge is 0.495 e. The van der Waals surface area contributed by atoms with E-state index in [0.717, 1.165) is 15.6 Å². The Bertz CT molecular complexity index is 1080. The van der Waals surface area contributed by atoms with Crippen molar-refractivity contribution < 1.29 is 14.6 Å². The lowest BCUT2D eigenvalue weighted by atomic mass is 9.71. The molecule has 5 nitrogen and oxygen atoms in total. The van der Waals surface area contributed by atoms with E-state index in [1.54, 1.807) is 23.5 Å². The molecule has 0 saturated heterocycles. The summed E-state index contributed by atoms with van der Waals surface area (Å²) in [6, 6.07) is 13.7. The van der Waals surface area contributed by atoms with Gasteiger partial charge in [0.25, 0.3) is 0 Å². The maximum atomic E-state index is 11.1. The summed E-state index contributed by atoms with van der Waals surface area (Å²) in [6.45, 7) is 4.75. The molecular weight excluding hydrogens is 440 g/mol. The Morgan fingerprint density at radius 3 is 2.56 bits per heavy atom. The minimum absolute atomic E-state index is 0.189. The lowest BCUT2D eigenvalue weighted by Crippen LogP contribution is -2.20. The van der Waals surface area contributed by atoms with Gasteiger partial charge < -0.3 is 14.6 Å². The molecule has 1 aliphatic rings. The SMILES string of the molecule is COc1cc(C(=O)O)ccc1NSc1csc(-c2ccc(C3CCC(C)(C)CC3)cc2)n1. The van der Waals surface area contributed by atoms with E-state index in [9.17, 15) is 4.79 Å². The van der Waals surface area contributed by atoms with Gasteiger partial charge in [0.2, 0.25) is 0 Å². The first-order valence-electron chi connectivity index (χ1n) is 10.7. The third kappa shape index (κ3) is 5.27. The van der Waals surface area contributed by atoms with E-state index in [0.29, 0.717) is 22.8 Å². The molecular formula is C25H28N2O3S2. The van der Waals surface area contributed by atoms with Crippen molar-refractivity contribution in [2.45, 2.75) is 50.5 Å². The van der Waals surface area contributed by atoms with E-state index in [4.69, 9.17) is 14.8 Å². The van der Waals surface area contributed by atoms with Crippen LogP contribution in [0.4, 0.5) is 5.69 Å². The fourth-order valence-electron chi connectivity index (χ4n) is 4.08. The predicted molar refractivity (Wildman–Crippen MR) is 132 cm³/mol. The Hall–Kier alpha value is -2.51. The van der Waals surface area contributed by atoms with Gasteiger partial charge in [0, 0.05) is 22.9 Å². The van der Waals surface area contributed by atoms with Crippen LogP contribution in [0, 0.1) is 5.41 Å². The van der Waals surface area contributed by atoms with Gasteiger partial charge in [0.15, 0.2) is 0 Å². The Labute approximate surface area is 197 Å². The van der Waals surface area contributed by atoms with E-state index in [2.05, 4.69) is 42.8 Å². The second kappa shape index (κ2) is 9.55. The van der Waals surface area contributed by atoms with Crippen LogP contribution in [0.15, 0.2) is 52.9 Å². The molecule has 1 aliphatic carbocycles. The van der Waals surface area contributed by atoms with Crippen molar-refractivity contribution in [2.24, 2.45) is 5.41 Å². The molecule has 168 valence electrons. The van der Waals surface area contributed by atoms with E-state index < -0.39 is 5.97 Å². The zero-order chi connectivity index (χ0) is 22.7. The first kappa shape index (κ1) is 22.7. The molecule has 1 aromatic heterocycles. The molecule has 1 heterocycles. The van der Waals surface area contributed by atoms with E-state index in [1.165, 1.54) is 56.4 Å². The van der Waals surface area contributed by atoms with Crippen molar-refractivity contribution in [2.75, 3.05) is 11.8 Å². The zero-order valence-electron chi connectivity index (χ0n) is 18.6. The smallest absolute Gasteiger partial charge is 0.335 e. The number of benzene rings is 2. The van der Waals surface area contributed by atoms with E-state index >= 15 is 0 Å². The second-order valence-electron chi connectivity index (χ2n) is 8.98. The molecule has 1 saturated carbocycles. The molecule has 0 atom stereocenters. The number of carbonyl (C=O) groups is 1. The van der Waals surface area contributed by atoms with Crippen LogP contribution < -0.4 is 9.46 Å². The highest BCUT2D eigenvalue weighted by atomic mass is 32.2. The van der Waals surface area contributed by atoms with Crippen LogP contribution in [0.1, 0.15) is 61.4 Å². The number of ether oxygens (including phenoxy) is 1. The summed E-state index contributed by atoms with van der Waals surface area (Å²) in [4.78, 5) is 15.9. The predicted octanol–water partition coefficient (Wildman–Crippen LogP) is 7.32. The standard InChI is InChI=1S/C25H28N2O3S2/c1-25(2)12-10-17(11-13-25)16-4-6-18(7-5-16)23-26-22(15-31-23)32-27-20-9-8-19(24(28)29)14-21(20)30-3/h4-9,14-15,17,27H,10-13H2,1-3H3,(H,28,29). The van der Waals surface area contributed by atoms with Gasteiger partial charge >= 0.3 is 5.97 Å². The molecule has 0 bridgehead atoms. The van der Waals surface area contributed by atoms with Crippen LogP contribution >= 0.6 is 23.3 Å². The molecule has 0 aliphatic heterocycles. The quantitative estimate of drug-likeness (QED) is 0.354. The lowest BCUT2D eigenvalue weighted by molar-refractivity contribution is 0.0696. The third-order valence-corrected chi connectivity index (χ3v) is 7.95. The summed E-state index contributed by atoms with van der Waals surface area (Å²) in [7, 11) is 1.52. The average molecular weight is 469 g/mol. The first-order valence-corrected chi connectivity index (χ1v) is 12.4. The number of anilines is 1. The van der Waals surface area contributed by atoms with Crippen LogP contribution in [-0.2, 0) is 0 Å². The van der Waals surface area contributed by atoms with Crippen LogP contribution in [0.25, 0.3) is 10.6 Å². The maximum Gasteiger partial charge on any atom is 0.335 e. The number of hydrogen-bond donors (Lipinski definition) is 2. The zero-order valence-corrected chi connectivity index (χ0v) is 20.2. The molecule has 1 fully saturated rings. The molecule has 0 unspecified atom stereocenters. The van der Waals surface area contributed by atoms with Gasteiger partial charge in [-0.15, -0.1) is 11.3 Å². The van der Waals surface area contributed by atoms with Crippen molar-refractivity contribution in [1.29, 1.82) is 0 Å². The first-order chi connectivity index (χ1) is 15.3. The maximum absolute atomic E-state index is 11.1. The Morgan fingerprint density at radius 1 is 1.19 bits per heavy atom. The van der Waals surface area contributed by atoms with E-state index in [1.807, 2.05) is 5.38 Å². The number of carboxylic acid groups (broad SMARTS) is 1. The van der Waals surface area contributed by atoms with Crippen molar-refractivity contribution >= 4 is 34.9 Å². The highest BCUT2D eigenvalue weighted by Crippen LogP contribution is 2.42. The van der Waals surface area contributed by atoms with Crippen LogP contribution in [0.5, 0.6) is 5.75 Å². The van der Waals surface area contributed by atoms with Gasteiger partial charge in [-0.2, -0.15) is 0 Å². The summed E-state index contributed by atoms with van der Waals surface area (Å²) in [5.41, 5.74) is 3.95. The molecule has 7 heteroatoms. The summed E-state index contributed by atoms with van der Waals surface area (Å²) >= 11 is 2.99. The van der Waals surface area contributed by atoms with Gasteiger partial charge in [-0.3, -0.25) is 0 Å². The van der Waals surface area contributed by atoms with Gasteiger partial charge in [0.05, 0.1) is 18.4 Å². The van der Waals surface area contributed by atoms with Crippen LogP contribution in [0.3, 0.4) is 0 Å². The Kier molecular flexibility index (Phi) is 6.76. The van der Waals surface area contributed by atoms with Crippen molar-refractivity contribution in [3.8, 4) is 16.3 Å².